The van der Waals surface area contributed by atoms with E-state index in [-0.39, 0.29) is 18.4 Å². The number of likely N-dealkylation sites (tertiary alicyclic amines) is 1. The summed E-state index contributed by atoms with van der Waals surface area (Å²) in [5.41, 5.74) is 2.66. The number of benzene rings is 3. The van der Waals surface area contributed by atoms with Crippen LogP contribution in [0.15, 0.2) is 52.9 Å². The highest BCUT2D eigenvalue weighted by Crippen LogP contribution is 2.47. The van der Waals surface area contributed by atoms with Crippen LogP contribution in [-0.4, -0.2) is 35.7 Å². The van der Waals surface area contributed by atoms with Crippen molar-refractivity contribution in [1.82, 2.24) is 4.90 Å². The highest BCUT2D eigenvalue weighted by molar-refractivity contribution is 6.30. The van der Waals surface area contributed by atoms with Crippen molar-refractivity contribution in [3.8, 4) is 5.75 Å². The van der Waals surface area contributed by atoms with E-state index < -0.39 is 5.97 Å². The molecule has 1 aliphatic heterocycles. The number of carbonyl (C=O) groups excluding carboxylic acids is 1. The summed E-state index contributed by atoms with van der Waals surface area (Å²) in [6, 6.07) is 15.1. The topological polar surface area (TPSA) is 62.9 Å². The van der Waals surface area contributed by atoms with Gasteiger partial charge in [0.1, 0.15) is 22.7 Å². The Morgan fingerprint density at radius 3 is 2.44 bits per heavy atom. The average molecular weight is 478 g/mol. The van der Waals surface area contributed by atoms with Gasteiger partial charge in [-0.15, -0.1) is 0 Å². The van der Waals surface area contributed by atoms with Crippen LogP contribution in [0.3, 0.4) is 0 Å². The fraction of sp³-hybridized carbons (Fsp3) is 0.321. The van der Waals surface area contributed by atoms with Gasteiger partial charge in [-0.05, 0) is 57.5 Å². The summed E-state index contributed by atoms with van der Waals surface area (Å²) in [5.74, 6) is 0.210. The van der Waals surface area contributed by atoms with E-state index in [1.54, 1.807) is 13.8 Å². The minimum absolute atomic E-state index is 0.167. The third kappa shape index (κ3) is 3.83. The van der Waals surface area contributed by atoms with E-state index in [1.807, 2.05) is 48.5 Å². The predicted molar refractivity (Wildman–Crippen MR) is 135 cm³/mol. The van der Waals surface area contributed by atoms with Gasteiger partial charge in [0.25, 0.3) is 0 Å². The van der Waals surface area contributed by atoms with Crippen molar-refractivity contribution in [2.75, 3.05) is 19.7 Å². The molecule has 3 aromatic carbocycles. The molecular formula is C28H28ClNO4. The molecule has 0 amide bonds. The number of hydrogen-bond donors (Lipinski definition) is 1. The number of rotatable bonds is 5. The van der Waals surface area contributed by atoms with Crippen molar-refractivity contribution in [3.05, 3.63) is 76.0 Å². The van der Waals surface area contributed by atoms with Gasteiger partial charge in [-0.1, -0.05) is 54.4 Å². The number of nitrogens with zero attached hydrogens (tertiary/aromatic N) is 1. The zero-order valence-electron chi connectivity index (χ0n) is 19.4. The Balaban J connectivity index is 1.89. The number of aryl methyl sites for hydroxylation is 1. The SMILES string of the molecule is CCOC(=O)c1c(C)oc2c1c(C(c1ccc(Cl)cc1)N1CCCCC1)c(O)c1ccccc12. The van der Waals surface area contributed by atoms with E-state index in [1.165, 1.54) is 6.42 Å². The number of esters is 1. The van der Waals surface area contributed by atoms with Crippen LogP contribution >= 0.6 is 11.6 Å². The second kappa shape index (κ2) is 9.32. The molecule has 5 rings (SSSR count). The third-order valence-electron chi connectivity index (χ3n) is 6.73. The summed E-state index contributed by atoms with van der Waals surface area (Å²) < 4.78 is 11.6. The van der Waals surface area contributed by atoms with Crippen LogP contribution in [0, 0.1) is 6.92 Å². The van der Waals surface area contributed by atoms with Gasteiger partial charge in [-0.25, -0.2) is 4.79 Å². The fourth-order valence-electron chi connectivity index (χ4n) is 5.24. The third-order valence-corrected chi connectivity index (χ3v) is 6.98. The molecule has 1 N–H and O–H groups in total. The second-order valence-corrected chi connectivity index (χ2v) is 9.25. The van der Waals surface area contributed by atoms with Crippen molar-refractivity contribution >= 4 is 39.3 Å². The fourth-order valence-corrected chi connectivity index (χ4v) is 5.37. The first-order valence-electron chi connectivity index (χ1n) is 11.8. The molecule has 1 saturated heterocycles. The first-order valence-corrected chi connectivity index (χ1v) is 12.2. The Hall–Kier alpha value is -3.02. The normalized spacial score (nSPS) is 15.6. The van der Waals surface area contributed by atoms with Crippen LogP contribution < -0.4 is 0 Å². The Morgan fingerprint density at radius 2 is 1.76 bits per heavy atom. The summed E-state index contributed by atoms with van der Waals surface area (Å²) in [7, 11) is 0. The summed E-state index contributed by atoms with van der Waals surface area (Å²) in [6.45, 7) is 5.61. The molecule has 6 heteroatoms. The molecule has 1 atom stereocenters. The number of phenolic OH excluding ortho intramolecular Hbond substituents is 1. The van der Waals surface area contributed by atoms with Crippen molar-refractivity contribution in [3.63, 3.8) is 0 Å². The largest absolute Gasteiger partial charge is 0.507 e. The first-order chi connectivity index (χ1) is 16.5. The molecule has 34 heavy (non-hydrogen) atoms. The van der Waals surface area contributed by atoms with Gasteiger partial charge in [-0.2, -0.15) is 0 Å². The molecule has 5 nitrogen and oxygen atoms in total. The van der Waals surface area contributed by atoms with Crippen LogP contribution in [-0.2, 0) is 4.74 Å². The maximum absolute atomic E-state index is 13.1. The Kier molecular flexibility index (Phi) is 6.24. The van der Waals surface area contributed by atoms with Crippen molar-refractivity contribution in [2.45, 2.75) is 39.2 Å². The Bertz CT molecular complexity index is 1350. The standard InChI is InChI=1S/C28H28ClNO4/c1-3-33-28(32)22-17(2)34-27-21-10-6-5-9-20(21)26(31)24(23(22)27)25(30-15-7-4-8-16-30)18-11-13-19(29)14-12-18/h5-6,9-14,25,31H,3-4,7-8,15-16H2,1-2H3. The first kappa shape index (κ1) is 22.8. The monoisotopic (exact) mass is 477 g/mol. The minimum Gasteiger partial charge on any atom is -0.507 e. The molecule has 176 valence electrons. The van der Waals surface area contributed by atoms with Crippen molar-refractivity contribution < 1.29 is 19.1 Å². The lowest BCUT2D eigenvalue weighted by molar-refractivity contribution is 0.0526. The average Bonchev–Trinajstić information content (AvgIpc) is 3.20. The molecule has 0 radical (unpaired) electrons. The number of piperidine rings is 1. The summed E-state index contributed by atoms with van der Waals surface area (Å²) >= 11 is 6.22. The van der Waals surface area contributed by atoms with Gasteiger partial charge in [0, 0.05) is 26.7 Å². The number of phenols is 1. The molecule has 1 aromatic heterocycles. The lowest BCUT2D eigenvalue weighted by Crippen LogP contribution is -2.34. The van der Waals surface area contributed by atoms with Crippen LogP contribution in [0.4, 0.5) is 0 Å². The van der Waals surface area contributed by atoms with E-state index >= 15 is 0 Å². The number of aromatic hydroxyl groups is 1. The molecule has 1 unspecified atom stereocenters. The molecule has 0 saturated carbocycles. The maximum atomic E-state index is 13.1. The van der Waals surface area contributed by atoms with Crippen molar-refractivity contribution in [2.24, 2.45) is 0 Å². The number of hydrogen-bond acceptors (Lipinski definition) is 5. The molecule has 4 aromatic rings. The number of carbonyl (C=O) groups is 1. The quantitative estimate of drug-likeness (QED) is 0.313. The molecular weight excluding hydrogens is 450 g/mol. The molecule has 0 aliphatic carbocycles. The van der Waals surface area contributed by atoms with Crippen LogP contribution in [0.1, 0.15) is 59.5 Å². The van der Waals surface area contributed by atoms with Crippen LogP contribution in [0.25, 0.3) is 21.7 Å². The maximum Gasteiger partial charge on any atom is 0.342 e. The van der Waals surface area contributed by atoms with E-state index in [2.05, 4.69) is 4.90 Å². The second-order valence-electron chi connectivity index (χ2n) is 8.82. The van der Waals surface area contributed by atoms with E-state index in [9.17, 15) is 9.90 Å². The lowest BCUT2D eigenvalue weighted by atomic mass is 9.88. The molecule has 0 bridgehead atoms. The van der Waals surface area contributed by atoms with Gasteiger partial charge in [0.15, 0.2) is 0 Å². The van der Waals surface area contributed by atoms with E-state index in [4.69, 9.17) is 20.8 Å². The number of ether oxygens (including phenoxy) is 1. The molecule has 2 heterocycles. The van der Waals surface area contributed by atoms with Crippen LogP contribution in [0.5, 0.6) is 5.75 Å². The van der Waals surface area contributed by atoms with Gasteiger partial charge in [0.05, 0.1) is 12.6 Å². The van der Waals surface area contributed by atoms with E-state index in [0.29, 0.717) is 38.3 Å². The highest BCUT2D eigenvalue weighted by Gasteiger charge is 2.34. The molecule has 1 aliphatic rings. The summed E-state index contributed by atoms with van der Waals surface area (Å²) in [5, 5.41) is 14.5. The lowest BCUT2D eigenvalue weighted by Gasteiger charge is -2.36. The summed E-state index contributed by atoms with van der Waals surface area (Å²) in [4.78, 5) is 15.5. The van der Waals surface area contributed by atoms with Gasteiger partial charge < -0.3 is 14.3 Å². The van der Waals surface area contributed by atoms with Crippen LogP contribution in [0.2, 0.25) is 5.02 Å². The Morgan fingerprint density at radius 1 is 1.09 bits per heavy atom. The van der Waals surface area contributed by atoms with Crippen molar-refractivity contribution in [1.29, 1.82) is 0 Å². The van der Waals surface area contributed by atoms with Gasteiger partial charge >= 0.3 is 5.97 Å². The van der Waals surface area contributed by atoms with Gasteiger partial charge in [-0.3, -0.25) is 4.90 Å². The number of furan rings is 1. The highest BCUT2D eigenvalue weighted by atomic mass is 35.5. The Labute approximate surface area is 203 Å². The predicted octanol–water partition coefficient (Wildman–Crippen LogP) is 7.01. The zero-order valence-corrected chi connectivity index (χ0v) is 20.2. The zero-order chi connectivity index (χ0) is 23.8. The van der Waals surface area contributed by atoms with Gasteiger partial charge in [0.2, 0.25) is 0 Å². The summed E-state index contributed by atoms with van der Waals surface area (Å²) in [6.07, 6.45) is 3.34. The molecule has 0 spiro atoms. The smallest absolute Gasteiger partial charge is 0.342 e. The van der Waals surface area contributed by atoms with E-state index in [0.717, 1.165) is 36.9 Å². The molecule has 1 fully saturated rings. The number of halogens is 1. The number of fused-ring (bicyclic) bond motifs is 3. The minimum atomic E-state index is -0.441.